The molecule has 8 heteroatoms. The summed E-state index contributed by atoms with van der Waals surface area (Å²) in [6.07, 6.45) is 2.35. The van der Waals surface area contributed by atoms with Gasteiger partial charge in [-0.2, -0.15) is 0 Å². The van der Waals surface area contributed by atoms with Crippen LogP contribution in [-0.4, -0.2) is 20.4 Å². The van der Waals surface area contributed by atoms with Crippen LogP contribution in [0.1, 0.15) is 44.2 Å². The SMILES string of the molecule is C[C@@H](NC(=O)[C@H]1CC[C@H](NS(=O)(=O)c2ccc(Oc3ccccc3)cc2)CC1)c1ccc(F)cc1. The smallest absolute Gasteiger partial charge is 0.240 e. The lowest BCUT2D eigenvalue weighted by Gasteiger charge is -2.29. The van der Waals surface area contributed by atoms with Crippen molar-refractivity contribution in [3.8, 4) is 11.5 Å². The first kappa shape index (κ1) is 24.9. The van der Waals surface area contributed by atoms with E-state index < -0.39 is 10.0 Å². The van der Waals surface area contributed by atoms with Crippen LogP contribution in [0.25, 0.3) is 0 Å². The maximum Gasteiger partial charge on any atom is 0.240 e. The second-order valence-corrected chi connectivity index (χ2v) is 10.6. The molecule has 1 aliphatic carbocycles. The maximum absolute atomic E-state index is 13.1. The minimum Gasteiger partial charge on any atom is -0.457 e. The van der Waals surface area contributed by atoms with Gasteiger partial charge in [-0.05, 0) is 86.7 Å². The molecule has 0 aliphatic heterocycles. The number of halogens is 1. The number of benzene rings is 3. The second kappa shape index (κ2) is 11.0. The van der Waals surface area contributed by atoms with E-state index in [-0.39, 0.29) is 34.6 Å². The third kappa shape index (κ3) is 6.68. The first-order valence-corrected chi connectivity index (χ1v) is 13.2. The van der Waals surface area contributed by atoms with Gasteiger partial charge in [-0.25, -0.2) is 17.5 Å². The van der Waals surface area contributed by atoms with Crippen LogP contribution < -0.4 is 14.8 Å². The number of para-hydroxylation sites is 1. The Bertz CT molecular complexity index is 1220. The van der Waals surface area contributed by atoms with Gasteiger partial charge in [-0.3, -0.25) is 4.79 Å². The Morgan fingerprint density at radius 3 is 2.11 bits per heavy atom. The van der Waals surface area contributed by atoms with E-state index in [1.165, 1.54) is 24.3 Å². The summed E-state index contributed by atoms with van der Waals surface area (Å²) in [5.74, 6) is 0.681. The van der Waals surface area contributed by atoms with Gasteiger partial charge in [0.25, 0.3) is 0 Å². The van der Waals surface area contributed by atoms with E-state index in [0.29, 0.717) is 37.2 Å². The Kier molecular flexibility index (Phi) is 7.83. The summed E-state index contributed by atoms with van der Waals surface area (Å²) in [6.45, 7) is 1.86. The molecule has 0 radical (unpaired) electrons. The molecule has 1 fully saturated rings. The minimum atomic E-state index is -3.68. The van der Waals surface area contributed by atoms with Crippen LogP contribution in [0.4, 0.5) is 4.39 Å². The third-order valence-corrected chi connectivity index (χ3v) is 7.80. The lowest BCUT2D eigenvalue weighted by atomic mass is 9.85. The summed E-state index contributed by atoms with van der Waals surface area (Å²) in [6, 6.07) is 21.2. The standard InChI is InChI=1S/C27H29FN2O4S/c1-19(20-7-11-22(28)12-8-20)29-27(31)21-9-13-23(14-10-21)30-35(32,33)26-17-15-25(16-18-26)34-24-5-3-2-4-6-24/h2-8,11-12,15-19,21,23,30H,9-10,13-14H2,1H3,(H,29,31)/t19-,21-,23-/m1/s1. The van der Waals surface area contributed by atoms with Gasteiger partial charge in [0, 0.05) is 12.0 Å². The highest BCUT2D eigenvalue weighted by molar-refractivity contribution is 7.89. The van der Waals surface area contributed by atoms with E-state index in [2.05, 4.69) is 10.0 Å². The van der Waals surface area contributed by atoms with Gasteiger partial charge >= 0.3 is 0 Å². The fourth-order valence-corrected chi connectivity index (χ4v) is 5.54. The Morgan fingerprint density at radius 1 is 0.886 bits per heavy atom. The van der Waals surface area contributed by atoms with Crippen LogP contribution >= 0.6 is 0 Å². The average Bonchev–Trinajstić information content (AvgIpc) is 2.85. The van der Waals surface area contributed by atoms with Crippen LogP contribution in [0.5, 0.6) is 11.5 Å². The quantitative estimate of drug-likeness (QED) is 0.441. The van der Waals surface area contributed by atoms with Gasteiger partial charge in [0.05, 0.1) is 10.9 Å². The van der Waals surface area contributed by atoms with Crippen LogP contribution in [-0.2, 0) is 14.8 Å². The fraction of sp³-hybridized carbons (Fsp3) is 0.296. The molecule has 3 aromatic rings. The van der Waals surface area contributed by atoms with Crippen molar-refractivity contribution < 1.29 is 22.3 Å². The summed E-state index contributed by atoms with van der Waals surface area (Å²) in [5, 5.41) is 2.98. The van der Waals surface area contributed by atoms with E-state index in [0.717, 1.165) is 5.56 Å². The molecular formula is C27H29FN2O4S. The first-order chi connectivity index (χ1) is 16.8. The number of ether oxygens (including phenoxy) is 1. The third-order valence-electron chi connectivity index (χ3n) is 6.26. The van der Waals surface area contributed by atoms with E-state index in [4.69, 9.17) is 4.74 Å². The normalized spacial score (nSPS) is 19.0. The van der Waals surface area contributed by atoms with Crippen molar-refractivity contribution in [1.82, 2.24) is 10.0 Å². The predicted molar refractivity (Wildman–Crippen MR) is 132 cm³/mol. The average molecular weight is 497 g/mol. The Labute approximate surface area is 205 Å². The number of hydrogen-bond donors (Lipinski definition) is 2. The van der Waals surface area contributed by atoms with Gasteiger partial charge < -0.3 is 10.1 Å². The molecule has 1 aliphatic rings. The topological polar surface area (TPSA) is 84.5 Å². The molecule has 0 saturated heterocycles. The number of carbonyl (C=O) groups is 1. The Hall–Kier alpha value is -3.23. The molecule has 6 nitrogen and oxygen atoms in total. The monoisotopic (exact) mass is 496 g/mol. The van der Waals surface area contributed by atoms with E-state index in [1.54, 1.807) is 24.3 Å². The van der Waals surface area contributed by atoms with Crippen molar-refractivity contribution in [2.45, 2.75) is 49.6 Å². The molecule has 1 amide bonds. The van der Waals surface area contributed by atoms with Crippen LogP contribution in [0.2, 0.25) is 0 Å². The number of nitrogens with one attached hydrogen (secondary N) is 2. The van der Waals surface area contributed by atoms with E-state index in [1.807, 2.05) is 37.3 Å². The predicted octanol–water partition coefficient (Wildman–Crippen LogP) is 5.33. The van der Waals surface area contributed by atoms with Crippen LogP contribution in [0.15, 0.2) is 83.8 Å². The Balaban J connectivity index is 1.27. The van der Waals surface area contributed by atoms with Crippen molar-refractivity contribution in [2.24, 2.45) is 5.92 Å². The van der Waals surface area contributed by atoms with Gasteiger partial charge in [-0.1, -0.05) is 30.3 Å². The highest BCUT2D eigenvalue weighted by Gasteiger charge is 2.29. The van der Waals surface area contributed by atoms with Crippen molar-refractivity contribution in [1.29, 1.82) is 0 Å². The fourth-order valence-electron chi connectivity index (χ4n) is 4.24. The number of carbonyl (C=O) groups excluding carboxylic acids is 1. The molecular weight excluding hydrogens is 467 g/mol. The zero-order valence-corrected chi connectivity index (χ0v) is 20.3. The van der Waals surface area contributed by atoms with E-state index >= 15 is 0 Å². The molecule has 0 spiro atoms. The number of hydrogen-bond acceptors (Lipinski definition) is 4. The number of rotatable bonds is 8. The van der Waals surface area contributed by atoms with Gasteiger partial charge in [-0.15, -0.1) is 0 Å². The van der Waals surface area contributed by atoms with Crippen molar-refractivity contribution in [2.75, 3.05) is 0 Å². The van der Waals surface area contributed by atoms with Crippen molar-refractivity contribution in [3.05, 3.63) is 90.2 Å². The van der Waals surface area contributed by atoms with Crippen molar-refractivity contribution >= 4 is 15.9 Å². The summed E-state index contributed by atoms with van der Waals surface area (Å²) < 4.78 is 47.3. The van der Waals surface area contributed by atoms with E-state index in [9.17, 15) is 17.6 Å². The lowest BCUT2D eigenvalue weighted by Crippen LogP contribution is -2.41. The van der Waals surface area contributed by atoms with Gasteiger partial charge in [0.2, 0.25) is 15.9 Å². The number of amides is 1. The summed E-state index contributed by atoms with van der Waals surface area (Å²) in [7, 11) is -3.68. The first-order valence-electron chi connectivity index (χ1n) is 11.7. The summed E-state index contributed by atoms with van der Waals surface area (Å²) in [5.41, 5.74) is 0.835. The minimum absolute atomic E-state index is 0.0582. The molecule has 0 unspecified atom stereocenters. The molecule has 4 rings (SSSR count). The molecule has 1 atom stereocenters. The molecule has 3 aromatic carbocycles. The Morgan fingerprint density at radius 2 is 1.49 bits per heavy atom. The zero-order chi connectivity index (χ0) is 24.8. The maximum atomic E-state index is 13.1. The molecule has 0 heterocycles. The molecule has 35 heavy (non-hydrogen) atoms. The zero-order valence-electron chi connectivity index (χ0n) is 19.5. The molecule has 184 valence electrons. The largest absolute Gasteiger partial charge is 0.457 e. The summed E-state index contributed by atoms with van der Waals surface area (Å²) in [4.78, 5) is 12.9. The van der Waals surface area contributed by atoms with Gasteiger partial charge in [0.1, 0.15) is 17.3 Å². The lowest BCUT2D eigenvalue weighted by molar-refractivity contribution is -0.126. The van der Waals surface area contributed by atoms with Gasteiger partial charge in [0.15, 0.2) is 0 Å². The molecule has 1 saturated carbocycles. The molecule has 0 bridgehead atoms. The summed E-state index contributed by atoms with van der Waals surface area (Å²) >= 11 is 0. The molecule has 2 N–H and O–H groups in total. The number of sulfonamides is 1. The van der Waals surface area contributed by atoms with Crippen LogP contribution in [0, 0.1) is 11.7 Å². The second-order valence-electron chi connectivity index (χ2n) is 8.84. The molecule has 0 aromatic heterocycles. The highest BCUT2D eigenvalue weighted by Crippen LogP contribution is 2.28. The highest BCUT2D eigenvalue weighted by atomic mass is 32.2. The van der Waals surface area contributed by atoms with Crippen molar-refractivity contribution in [3.63, 3.8) is 0 Å². The van der Waals surface area contributed by atoms with Crippen LogP contribution in [0.3, 0.4) is 0 Å².